The number of unbranched alkanes of at least 4 members (excludes halogenated alkanes) is 1. The Morgan fingerprint density at radius 1 is 1.00 bits per heavy atom. The molecule has 0 nitrogen and oxygen atoms in total. The topological polar surface area (TPSA) is 0 Å². The van der Waals surface area contributed by atoms with E-state index in [2.05, 4.69) is 75.7 Å². The van der Waals surface area contributed by atoms with Crippen LogP contribution in [0, 0.1) is 0 Å². The second kappa shape index (κ2) is 6.09. The van der Waals surface area contributed by atoms with Gasteiger partial charge in [-0.1, -0.05) is 86.9 Å². The van der Waals surface area contributed by atoms with E-state index < -0.39 is 16.1 Å². The number of hydrogen-bond acceptors (Lipinski definition) is 0. The Balaban J connectivity index is 2.56. The number of rotatable bonds is 5. The third kappa shape index (κ3) is 3.49. The molecule has 1 heterocycles. The molecule has 1 aromatic carbocycles. The second-order valence-corrected chi connectivity index (χ2v) is 17.6. The van der Waals surface area contributed by atoms with Crippen LogP contribution in [0.2, 0.25) is 32.7 Å². The number of allylic oxidation sites excluding steroid dienone is 2. The highest BCUT2D eigenvalue weighted by atomic mass is 28.4. The molecule has 0 bridgehead atoms. The Morgan fingerprint density at radius 2 is 1.62 bits per heavy atom. The molecule has 2 heteroatoms. The molecule has 1 aliphatic rings. The van der Waals surface area contributed by atoms with Crippen molar-refractivity contribution in [3.05, 3.63) is 52.0 Å². The van der Waals surface area contributed by atoms with Gasteiger partial charge in [0.05, 0.1) is 16.1 Å². The molecule has 0 saturated carbocycles. The Bertz CT molecular complexity index is 557. The molecule has 0 aromatic heterocycles. The summed E-state index contributed by atoms with van der Waals surface area (Å²) in [5.74, 6) is 0. The predicted molar refractivity (Wildman–Crippen MR) is 102 cm³/mol. The summed E-state index contributed by atoms with van der Waals surface area (Å²) in [7, 11) is -2.64. The summed E-state index contributed by atoms with van der Waals surface area (Å²) in [4.78, 5) is 1.90. The SMILES string of the molecule is CCCCC1=C([Si](C)(C)C)[Si](C)(C)C=C1c1ccccc1. The van der Waals surface area contributed by atoms with Gasteiger partial charge in [-0.25, -0.2) is 0 Å². The molecule has 0 N–H and O–H groups in total. The van der Waals surface area contributed by atoms with Crippen LogP contribution >= 0.6 is 0 Å². The molecule has 1 aromatic rings. The van der Waals surface area contributed by atoms with E-state index in [0.29, 0.717) is 0 Å². The molecular formula is C19H30Si2. The van der Waals surface area contributed by atoms with Crippen LogP contribution in [0.1, 0.15) is 31.7 Å². The van der Waals surface area contributed by atoms with Gasteiger partial charge < -0.3 is 0 Å². The summed E-state index contributed by atoms with van der Waals surface area (Å²) in [6.45, 7) is 15.0. The highest BCUT2D eigenvalue weighted by molar-refractivity contribution is 7.08. The lowest BCUT2D eigenvalue weighted by Crippen LogP contribution is -2.40. The average Bonchev–Trinajstić information content (AvgIpc) is 2.68. The van der Waals surface area contributed by atoms with Crippen molar-refractivity contribution in [1.29, 1.82) is 0 Å². The van der Waals surface area contributed by atoms with Gasteiger partial charge >= 0.3 is 0 Å². The summed E-state index contributed by atoms with van der Waals surface area (Å²) in [6, 6.07) is 11.0. The highest BCUT2D eigenvalue weighted by Crippen LogP contribution is 2.44. The molecule has 0 radical (unpaired) electrons. The van der Waals surface area contributed by atoms with Crippen LogP contribution in [-0.4, -0.2) is 16.1 Å². The molecule has 0 saturated heterocycles. The minimum absolute atomic E-state index is 1.26. The molecule has 0 aliphatic carbocycles. The highest BCUT2D eigenvalue weighted by Gasteiger charge is 2.40. The van der Waals surface area contributed by atoms with E-state index in [1.54, 1.807) is 11.1 Å². The van der Waals surface area contributed by atoms with E-state index in [1.165, 1.54) is 24.8 Å². The summed E-state index contributed by atoms with van der Waals surface area (Å²) in [6.07, 6.45) is 3.87. The van der Waals surface area contributed by atoms with Crippen LogP contribution in [0.25, 0.3) is 5.57 Å². The monoisotopic (exact) mass is 314 g/mol. The van der Waals surface area contributed by atoms with Crippen molar-refractivity contribution in [3.63, 3.8) is 0 Å². The minimum Gasteiger partial charge on any atom is -0.0833 e. The maximum atomic E-state index is 2.67. The standard InChI is InChI=1S/C19H30Si2/c1-7-8-14-17-18(16-12-10-9-11-13-16)15-21(5,6)19(17)20(2,3)4/h9-13,15H,7-8,14H2,1-6H3. The fourth-order valence-electron chi connectivity index (χ4n) is 3.95. The van der Waals surface area contributed by atoms with Crippen LogP contribution in [0.4, 0.5) is 0 Å². The van der Waals surface area contributed by atoms with Crippen LogP contribution < -0.4 is 0 Å². The maximum Gasteiger partial charge on any atom is 0.0959 e. The van der Waals surface area contributed by atoms with Gasteiger partial charge in [0, 0.05) is 0 Å². The molecule has 0 unspecified atom stereocenters. The third-order valence-corrected chi connectivity index (χ3v) is 13.0. The lowest BCUT2D eigenvalue weighted by Gasteiger charge is -2.31. The van der Waals surface area contributed by atoms with Gasteiger partial charge in [0.2, 0.25) is 0 Å². The first-order valence-electron chi connectivity index (χ1n) is 8.30. The quantitative estimate of drug-likeness (QED) is 0.565. The first-order chi connectivity index (χ1) is 9.77. The lowest BCUT2D eigenvalue weighted by atomic mass is 9.97. The fraction of sp³-hybridized carbons (Fsp3) is 0.474. The lowest BCUT2D eigenvalue weighted by molar-refractivity contribution is 0.800. The zero-order valence-corrected chi connectivity index (χ0v) is 16.6. The zero-order valence-electron chi connectivity index (χ0n) is 14.6. The van der Waals surface area contributed by atoms with E-state index >= 15 is 0 Å². The summed E-state index contributed by atoms with van der Waals surface area (Å²) < 4.78 is 0. The smallest absolute Gasteiger partial charge is 0.0833 e. The summed E-state index contributed by atoms with van der Waals surface area (Å²) in [5.41, 5.74) is 7.38. The third-order valence-electron chi connectivity index (χ3n) is 4.39. The van der Waals surface area contributed by atoms with Crippen molar-refractivity contribution in [3.8, 4) is 0 Å². The molecule has 114 valence electrons. The number of benzene rings is 1. The van der Waals surface area contributed by atoms with Crippen molar-refractivity contribution >= 4 is 21.7 Å². The van der Waals surface area contributed by atoms with Gasteiger partial charge in [-0.05, 0) is 29.6 Å². The molecular weight excluding hydrogens is 284 g/mol. The Labute approximate surface area is 133 Å². The molecule has 2 rings (SSSR count). The van der Waals surface area contributed by atoms with Crippen molar-refractivity contribution < 1.29 is 0 Å². The minimum atomic E-state index is -1.38. The van der Waals surface area contributed by atoms with Crippen molar-refractivity contribution in [2.24, 2.45) is 0 Å². The number of hydrogen-bond donors (Lipinski definition) is 0. The van der Waals surface area contributed by atoms with Crippen LogP contribution in [0.15, 0.2) is 46.4 Å². The average molecular weight is 315 g/mol. The van der Waals surface area contributed by atoms with E-state index in [4.69, 9.17) is 0 Å². The summed E-state index contributed by atoms with van der Waals surface area (Å²) in [5, 5.41) is 0. The van der Waals surface area contributed by atoms with Crippen molar-refractivity contribution in [2.45, 2.75) is 58.9 Å². The molecule has 21 heavy (non-hydrogen) atoms. The first kappa shape index (κ1) is 16.5. The largest absolute Gasteiger partial charge is 0.0959 e. The van der Waals surface area contributed by atoms with Gasteiger partial charge in [0.25, 0.3) is 0 Å². The summed E-state index contributed by atoms with van der Waals surface area (Å²) >= 11 is 0. The zero-order chi connectivity index (χ0) is 15.7. The Kier molecular flexibility index (Phi) is 4.79. The van der Waals surface area contributed by atoms with Gasteiger partial charge in [-0.15, -0.1) is 0 Å². The first-order valence-corrected chi connectivity index (χ1v) is 14.9. The molecule has 0 spiro atoms. The van der Waals surface area contributed by atoms with Crippen molar-refractivity contribution in [1.82, 2.24) is 0 Å². The second-order valence-electron chi connectivity index (χ2n) is 7.85. The van der Waals surface area contributed by atoms with E-state index in [0.717, 1.165) is 0 Å². The predicted octanol–water partition coefficient (Wildman–Crippen LogP) is 6.23. The molecule has 0 fully saturated rings. The van der Waals surface area contributed by atoms with Gasteiger partial charge in [0.1, 0.15) is 0 Å². The molecule has 0 atom stereocenters. The van der Waals surface area contributed by atoms with E-state index in [-0.39, 0.29) is 0 Å². The normalized spacial score (nSPS) is 18.1. The van der Waals surface area contributed by atoms with Crippen LogP contribution in [0.5, 0.6) is 0 Å². The maximum absolute atomic E-state index is 2.67. The van der Waals surface area contributed by atoms with E-state index in [9.17, 15) is 0 Å². The fourth-order valence-corrected chi connectivity index (χ4v) is 15.3. The molecule has 1 aliphatic heterocycles. The Hall–Kier alpha value is -0.866. The van der Waals surface area contributed by atoms with Crippen LogP contribution in [-0.2, 0) is 0 Å². The van der Waals surface area contributed by atoms with Crippen molar-refractivity contribution in [2.75, 3.05) is 0 Å². The van der Waals surface area contributed by atoms with Gasteiger partial charge in [0.15, 0.2) is 0 Å². The van der Waals surface area contributed by atoms with Gasteiger partial charge in [-0.2, -0.15) is 0 Å². The molecule has 0 amide bonds. The van der Waals surface area contributed by atoms with Gasteiger partial charge in [-0.3, -0.25) is 0 Å². The Morgan fingerprint density at radius 3 is 2.14 bits per heavy atom. The van der Waals surface area contributed by atoms with E-state index in [1.807, 2.05) is 4.82 Å². The van der Waals surface area contributed by atoms with Crippen LogP contribution in [0.3, 0.4) is 0 Å².